The van der Waals surface area contributed by atoms with E-state index in [0.29, 0.717) is 18.6 Å². The highest BCUT2D eigenvalue weighted by atomic mass is 16.5. The second-order valence-corrected chi connectivity index (χ2v) is 4.56. The van der Waals surface area contributed by atoms with Gasteiger partial charge in [0.1, 0.15) is 0 Å². The van der Waals surface area contributed by atoms with E-state index in [1.54, 1.807) is 0 Å². The summed E-state index contributed by atoms with van der Waals surface area (Å²) in [6.07, 6.45) is 1.23. The fourth-order valence-electron chi connectivity index (χ4n) is 1.79. The van der Waals surface area contributed by atoms with Crippen LogP contribution in [0.1, 0.15) is 41.0 Å². The summed E-state index contributed by atoms with van der Waals surface area (Å²) in [4.78, 5) is 2.43. The number of ether oxygens (including phenoxy) is 1. The van der Waals surface area contributed by atoms with Gasteiger partial charge in [-0.25, -0.2) is 0 Å². The highest BCUT2D eigenvalue weighted by Gasteiger charge is 2.13. The first kappa shape index (κ1) is 14.9. The molecule has 1 atom stereocenters. The SMILES string of the molecule is CCC(CN)OCCN(C(C)C)C(C)C. The number of nitrogens with zero attached hydrogens (tertiary/aromatic N) is 1. The Balaban J connectivity index is 3.80. The number of nitrogens with two attached hydrogens (primary N) is 1. The summed E-state index contributed by atoms with van der Waals surface area (Å²) in [7, 11) is 0. The van der Waals surface area contributed by atoms with Crippen molar-refractivity contribution < 1.29 is 4.74 Å². The van der Waals surface area contributed by atoms with Gasteiger partial charge in [-0.15, -0.1) is 0 Å². The van der Waals surface area contributed by atoms with Gasteiger partial charge in [0, 0.05) is 25.2 Å². The van der Waals surface area contributed by atoms with Crippen molar-refractivity contribution in [3.05, 3.63) is 0 Å². The summed E-state index contributed by atoms with van der Waals surface area (Å²) in [6, 6.07) is 1.15. The Labute approximate surface area is 95.0 Å². The van der Waals surface area contributed by atoms with Crippen LogP contribution in [-0.2, 0) is 4.74 Å². The van der Waals surface area contributed by atoms with E-state index in [1.807, 2.05) is 0 Å². The third-order valence-corrected chi connectivity index (χ3v) is 2.75. The van der Waals surface area contributed by atoms with E-state index in [4.69, 9.17) is 10.5 Å². The average Bonchev–Trinajstić information content (AvgIpc) is 2.17. The van der Waals surface area contributed by atoms with Crippen molar-refractivity contribution in [3.63, 3.8) is 0 Å². The Bertz CT molecular complexity index is 137. The van der Waals surface area contributed by atoms with Crippen LogP contribution in [0.15, 0.2) is 0 Å². The van der Waals surface area contributed by atoms with E-state index in [-0.39, 0.29) is 6.10 Å². The molecule has 3 heteroatoms. The monoisotopic (exact) mass is 216 g/mol. The summed E-state index contributed by atoms with van der Waals surface area (Å²) in [5.41, 5.74) is 5.58. The smallest absolute Gasteiger partial charge is 0.0695 e. The first-order valence-electron chi connectivity index (χ1n) is 6.10. The molecule has 0 aliphatic carbocycles. The van der Waals surface area contributed by atoms with Crippen molar-refractivity contribution >= 4 is 0 Å². The molecule has 3 nitrogen and oxygen atoms in total. The van der Waals surface area contributed by atoms with Crippen molar-refractivity contribution in [2.75, 3.05) is 19.7 Å². The van der Waals surface area contributed by atoms with Crippen LogP contribution >= 0.6 is 0 Å². The molecule has 0 amide bonds. The van der Waals surface area contributed by atoms with Gasteiger partial charge in [-0.2, -0.15) is 0 Å². The van der Waals surface area contributed by atoms with E-state index < -0.39 is 0 Å². The van der Waals surface area contributed by atoms with E-state index in [0.717, 1.165) is 19.6 Å². The largest absolute Gasteiger partial charge is 0.376 e. The summed E-state index contributed by atoms with van der Waals surface area (Å²) < 4.78 is 5.70. The molecule has 0 radical (unpaired) electrons. The van der Waals surface area contributed by atoms with Gasteiger partial charge < -0.3 is 10.5 Å². The topological polar surface area (TPSA) is 38.5 Å². The second kappa shape index (κ2) is 8.08. The molecule has 0 saturated heterocycles. The van der Waals surface area contributed by atoms with Crippen LogP contribution in [0.25, 0.3) is 0 Å². The molecule has 0 aliphatic heterocycles. The van der Waals surface area contributed by atoms with Crippen molar-refractivity contribution in [2.45, 2.75) is 59.2 Å². The van der Waals surface area contributed by atoms with Gasteiger partial charge in [-0.1, -0.05) is 6.92 Å². The molecule has 1 unspecified atom stereocenters. The van der Waals surface area contributed by atoms with Crippen LogP contribution in [0.2, 0.25) is 0 Å². The second-order valence-electron chi connectivity index (χ2n) is 4.56. The van der Waals surface area contributed by atoms with Gasteiger partial charge in [0.2, 0.25) is 0 Å². The third kappa shape index (κ3) is 6.13. The lowest BCUT2D eigenvalue weighted by Crippen LogP contribution is -2.40. The number of rotatable bonds is 8. The Kier molecular flexibility index (Phi) is 8.02. The molecule has 0 aromatic rings. The molecule has 0 rings (SSSR count). The summed E-state index contributed by atoms with van der Waals surface area (Å²) in [6.45, 7) is 13.4. The Morgan fingerprint density at radius 3 is 2.00 bits per heavy atom. The Morgan fingerprint density at radius 2 is 1.67 bits per heavy atom. The van der Waals surface area contributed by atoms with E-state index >= 15 is 0 Å². The molecule has 15 heavy (non-hydrogen) atoms. The predicted octanol–water partition coefficient (Wildman–Crippen LogP) is 1.86. The van der Waals surface area contributed by atoms with E-state index in [2.05, 4.69) is 39.5 Å². The minimum Gasteiger partial charge on any atom is -0.376 e. The van der Waals surface area contributed by atoms with Crippen molar-refractivity contribution in [1.29, 1.82) is 0 Å². The minimum absolute atomic E-state index is 0.228. The normalized spacial score (nSPS) is 14.2. The molecule has 0 aliphatic rings. The average molecular weight is 216 g/mol. The lowest BCUT2D eigenvalue weighted by molar-refractivity contribution is 0.0282. The lowest BCUT2D eigenvalue weighted by Gasteiger charge is -2.30. The van der Waals surface area contributed by atoms with Crippen LogP contribution in [0.4, 0.5) is 0 Å². The molecule has 0 bridgehead atoms. The molecule has 0 spiro atoms. The maximum absolute atomic E-state index is 5.70. The van der Waals surface area contributed by atoms with Crippen molar-refractivity contribution in [2.24, 2.45) is 5.73 Å². The zero-order chi connectivity index (χ0) is 11.8. The lowest BCUT2D eigenvalue weighted by atomic mass is 10.2. The highest BCUT2D eigenvalue weighted by molar-refractivity contribution is 4.67. The standard InChI is InChI=1S/C12H28N2O/c1-6-12(9-13)15-8-7-14(10(2)3)11(4)5/h10-12H,6-9,13H2,1-5H3. The third-order valence-electron chi connectivity index (χ3n) is 2.75. The molecule has 0 heterocycles. The summed E-state index contributed by atoms with van der Waals surface area (Å²) >= 11 is 0. The Morgan fingerprint density at radius 1 is 1.13 bits per heavy atom. The first-order valence-corrected chi connectivity index (χ1v) is 6.10. The molecule has 0 aromatic heterocycles. The van der Waals surface area contributed by atoms with Gasteiger partial charge in [-0.05, 0) is 34.1 Å². The highest BCUT2D eigenvalue weighted by Crippen LogP contribution is 2.05. The van der Waals surface area contributed by atoms with E-state index in [1.165, 1.54) is 0 Å². The molecule has 92 valence electrons. The van der Waals surface area contributed by atoms with Crippen LogP contribution < -0.4 is 5.73 Å². The minimum atomic E-state index is 0.228. The molecule has 0 fully saturated rings. The van der Waals surface area contributed by atoms with Crippen LogP contribution in [0.3, 0.4) is 0 Å². The van der Waals surface area contributed by atoms with Gasteiger partial charge in [-0.3, -0.25) is 4.90 Å². The van der Waals surface area contributed by atoms with Gasteiger partial charge >= 0.3 is 0 Å². The molecular weight excluding hydrogens is 188 g/mol. The molecular formula is C12H28N2O. The van der Waals surface area contributed by atoms with Crippen molar-refractivity contribution in [3.8, 4) is 0 Å². The van der Waals surface area contributed by atoms with E-state index in [9.17, 15) is 0 Å². The fraction of sp³-hybridized carbons (Fsp3) is 1.00. The zero-order valence-electron chi connectivity index (χ0n) is 11.0. The molecule has 0 saturated carbocycles. The zero-order valence-corrected chi connectivity index (χ0v) is 11.0. The Hall–Kier alpha value is -0.120. The fourth-order valence-corrected chi connectivity index (χ4v) is 1.79. The molecule has 0 aromatic carbocycles. The van der Waals surface area contributed by atoms with Crippen LogP contribution in [0.5, 0.6) is 0 Å². The van der Waals surface area contributed by atoms with Gasteiger partial charge in [0.05, 0.1) is 12.7 Å². The maximum atomic E-state index is 5.70. The molecule has 2 N–H and O–H groups in total. The quantitative estimate of drug-likeness (QED) is 0.673. The van der Waals surface area contributed by atoms with Crippen molar-refractivity contribution in [1.82, 2.24) is 4.90 Å². The number of hydrogen-bond donors (Lipinski definition) is 1. The summed E-state index contributed by atoms with van der Waals surface area (Å²) in [5.74, 6) is 0. The van der Waals surface area contributed by atoms with Crippen LogP contribution in [0, 0.1) is 0 Å². The predicted molar refractivity (Wildman–Crippen MR) is 66.1 cm³/mol. The maximum Gasteiger partial charge on any atom is 0.0695 e. The van der Waals surface area contributed by atoms with Gasteiger partial charge in [0.25, 0.3) is 0 Å². The first-order chi connectivity index (χ1) is 7.02. The van der Waals surface area contributed by atoms with Gasteiger partial charge in [0.15, 0.2) is 0 Å². The summed E-state index contributed by atoms with van der Waals surface area (Å²) in [5, 5.41) is 0. The van der Waals surface area contributed by atoms with Crippen LogP contribution in [-0.4, -0.2) is 42.8 Å². The number of hydrogen-bond acceptors (Lipinski definition) is 3.